The summed E-state index contributed by atoms with van der Waals surface area (Å²) in [5.41, 5.74) is 1.21. The van der Waals surface area contributed by atoms with Crippen LogP contribution in [0.25, 0.3) is 0 Å². The molecule has 0 saturated carbocycles. The molecule has 0 aliphatic heterocycles. The van der Waals surface area contributed by atoms with Crippen molar-refractivity contribution in [1.82, 2.24) is 4.98 Å². The summed E-state index contributed by atoms with van der Waals surface area (Å²) in [5.74, 6) is -0.483. The number of allylic oxidation sites excluding steroid dienone is 1. The van der Waals surface area contributed by atoms with E-state index in [2.05, 4.69) is 15.0 Å². The van der Waals surface area contributed by atoms with Gasteiger partial charge in [0.05, 0.1) is 11.9 Å². The van der Waals surface area contributed by atoms with E-state index in [-0.39, 0.29) is 11.8 Å². The van der Waals surface area contributed by atoms with E-state index >= 15 is 0 Å². The van der Waals surface area contributed by atoms with Crippen molar-refractivity contribution in [3.05, 3.63) is 30.0 Å². The number of carbonyl (C=O) groups is 1. The lowest BCUT2D eigenvalue weighted by Crippen LogP contribution is -2.19. The summed E-state index contributed by atoms with van der Waals surface area (Å²) in [4.78, 5) is 15.0. The Morgan fingerprint density at radius 2 is 2.11 bits per heavy atom. The van der Waals surface area contributed by atoms with Crippen LogP contribution in [-0.2, 0) is 4.79 Å². The molecule has 0 aliphatic rings. The van der Waals surface area contributed by atoms with Gasteiger partial charge in [0.15, 0.2) is 6.61 Å². The first-order valence-corrected chi connectivity index (χ1v) is 5.38. The highest BCUT2D eigenvalue weighted by molar-refractivity contribution is 5.99. The highest BCUT2D eigenvalue weighted by Crippen LogP contribution is 2.18. The monoisotopic (exact) mass is 274 g/mol. The normalized spacial score (nSPS) is 10.8. The minimum absolute atomic E-state index is 0.155. The average Bonchev–Trinajstić information content (AvgIpc) is 2.26. The van der Waals surface area contributed by atoms with Crippen LogP contribution >= 0.6 is 0 Å². The van der Waals surface area contributed by atoms with Gasteiger partial charge in [-0.05, 0) is 19.9 Å². The van der Waals surface area contributed by atoms with Crippen molar-refractivity contribution in [2.24, 2.45) is 0 Å². The molecule has 1 aromatic rings. The third-order valence-corrected chi connectivity index (χ3v) is 1.81. The number of hydrogen-bond donors (Lipinski definition) is 1. The first-order chi connectivity index (χ1) is 8.76. The predicted molar refractivity (Wildman–Crippen MR) is 63.8 cm³/mol. The lowest BCUT2D eigenvalue weighted by Gasteiger charge is -2.08. The highest BCUT2D eigenvalue weighted by atomic mass is 19.4. The molecule has 0 aliphatic carbocycles. The fourth-order valence-corrected chi connectivity index (χ4v) is 1.14. The van der Waals surface area contributed by atoms with Gasteiger partial charge < -0.3 is 10.1 Å². The number of pyridine rings is 1. The quantitative estimate of drug-likeness (QED) is 0.859. The minimum Gasteiger partial charge on any atom is -0.468 e. The highest BCUT2D eigenvalue weighted by Gasteiger charge is 2.28. The van der Waals surface area contributed by atoms with E-state index in [4.69, 9.17) is 0 Å². The summed E-state index contributed by atoms with van der Waals surface area (Å²) < 4.78 is 40.1. The summed E-state index contributed by atoms with van der Waals surface area (Å²) in [6, 6.07) is 2.67. The number of aromatic nitrogens is 1. The number of hydrogen-bond acceptors (Lipinski definition) is 3. The maximum Gasteiger partial charge on any atom is 0.422 e. The Balaban J connectivity index is 2.57. The first-order valence-electron chi connectivity index (χ1n) is 5.38. The molecule has 19 heavy (non-hydrogen) atoms. The van der Waals surface area contributed by atoms with E-state index in [0.29, 0.717) is 5.69 Å². The smallest absolute Gasteiger partial charge is 0.422 e. The summed E-state index contributed by atoms with van der Waals surface area (Å²) in [6.45, 7) is 2.14. The first kappa shape index (κ1) is 15.0. The summed E-state index contributed by atoms with van der Waals surface area (Å²) in [5, 5.41) is 2.52. The number of amides is 1. The van der Waals surface area contributed by atoms with Crippen LogP contribution in [0.15, 0.2) is 30.0 Å². The molecule has 0 unspecified atom stereocenters. The van der Waals surface area contributed by atoms with E-state index < -0.39 is 12.8 Å². The fraction of sp³-hybridized carbons (Fsp3) is 0.333. The molecule has 1 aromatic heterocycles. The number of halogens is 3. The van der Waals surface area contributed by atoms with Gasteiger partial charge in [-0.1, -0.05) is 5.57 Å². The molecule has 0 radical (unpaired) electrons. The zero-order valence-corrected chi connectivity index (χ0v) is 10.4. The third kappa shape index (κ3) is 6.44. The molecule has 0 atom stereocenters. The van der Waals surface area contributed by atoms with Crippen LogP contribution in [0.2, 0.25) is 0 Å². The number of nitrogens with one attached hydrogen (secondary N) is 1. The number of rotatable bonds is 4. The molecule has 4 nitrogen and oxygen atoms in total. The zero-order valence-electron chi connectivity index (χ0n) is 10.4. The maximum absolute atomic E-state index is 11.9. The minimum atomic E-state index is -4.40. The van der Waals surface area contributed by atoms with Crippen LogP contribution in [0.5, 0.6) is 5.88 Å². The summed E-state index contributed by atoms with van der Waals surface area (Å²) in [6.07, 6.45) is -1.78. The number of nitrogens with zero attached hydrogens (tertiary/aromatic N) is 1. The Morgan fingerprint density at radius 3 is 2.58 bits per heavy atom. The van der Waals surface area contributed by atoms with E-state index in [1.807, 2.05) is 0 Å². The summed E-state index contributed by atoms with van der Waals surface area (Å²) >= 11 is 0. The van der Waals surface area contributed by atoms with Crippen LogP contribution in [0, 0.1) is 0 Å². The molecule has 0 fully saturated rings. The molecule has 0 spiro atoms. The van der Waals surface area contributed by atoms with Crippen molar-refractivity contribution < 1.29 is 22.7 Å². The van der Waals surface area contributed by atoms with Crippen molar-refractivity contribution >= 4 is 11.6 Å². The van der Waals surface area contributed by atoms with Gasteiger partial charge in [0.1, 0.15) is 0 Å². The topological polar surface area (TPSA) is 51.2 Å². The average molecular weight is 274 g/mol. The van der Waals surface area contributed by atoms with Gasteiger partial charge in [-0.15, -0.1) is 0 Å². The Bertz CT molecular complexity index is 463. The number of ether oxygens (including phenoxy) is 1. The standard InChI is InChI=1S/C12H13F3N2O2/c1-8(2)5-10(18)17-9-3-4-11(16-6-9)19-7-12(13,14)15/h3-6H,7H2,1-2H3,(H,17,18). The number of alkyl halides is 3. The van der Waals surface area contributed by atoms with Gasteiger partial charge in [-0.2, -0.15) is 13.2 Å². The van der Waals surface area contributed by atoms with Crippen molar-refractivity contribution in [2.45, 2.75) is 20.0 Å². The van der Waals surface area contributed by atoms with Gasteiger partial charge in [-0.25, -0.2) is 4.98 Å². The zero-order chi connectivity index (χ0) is 14.5. The second kappa shape index (κ2) is 6.21. The van der Waals surface area contributed by atoms with E-state index in [1.165, 1.54) is 24.4 Å². The second-order valence-electron chi connectivity index (χ2n) is 4.00. The van der Waals surface area contributed by atoms with E-state index in [0.717, 1.165) is 5.57 Å². The van der Waals surface area contributed by atoms with Crippen LogP contribution in [0.1, 0.15) is 13.8 Å². The molecular formula is C12H13F3N2O2. The molecule has 104 valence electrons. The molecule has 0 bridgehead atoms. The van der Waals surface area contributed by atoms with E-state index in [1.54, 1.807) is 13.8 Å². The van der Waals surface area contributed by atoms with Gasteiger partial charge in [0.2, 0.25) is 11.8 Å². The molecule has 1 amide bonds. The van der Waals surface area contributed by atoms with Gasteiger partial charge in [0.25, 0.3) is 0 Å². The second-order valence-corrected chi connectivity index (χ2v) is 4.00. The predicted octanol–water partition coefficient (Wildman–Crippen LogP) is 2.93. The Kier molecular flexibility index (Phi) is 4.91. The Hall–Kier alpha value is -2.05. The van der Waals surface area contributed by atoms with Gasteiger partial charge in [-0.3, -0.25) is 4.79 Å². The number of carbonyl (C=O) groups excluding carboxylic acids is 1. The third-order valence-electron chi connectivity index (χ3n) is 1.81. The van der Waals surface area contributed by atoms with Gasteiger partial charge >= 0.3 is 6.18 Å². The molecule has 0 saturated heterocycles. The molecule has 1 N–H and O–H groups in total. The molecule has 7 heteroatoms. The van der Waals surface area contributed by atoms with Crippen LogP contribution in [0.4, 0.5) is 18.9 Å². The summed E-state index contributed by atoms with van der Waals surface area (Å²) in [7, 11) is 0. The molecule has 1 heterocycles. The molecular weight excluding hydrogens is 261 g/mol. The van der Waals surface area contributed by atoms with Crippen LogP contribution in [-0.4, -0.2) is 23.7 Å². The van der Waals surface area contributed by atoms with Crippen molar-refractivity contribution in [1.29, 1.82) is 0 Å². The van der Waals surface area contributed by atoms with Crippen molar-refractivity contribution in [2.75, 3.05) is 11.9 Å². The molecule has 0 aromatic carbocycles. The van der Waals surface area contributed by atoms with Gasteiger partial charge in [0, 0.05) is 12.1 Å². The van der Waals surface area contributed by atoms with Crippen molar-refractivity contribution in [3.63, 3.8) is 0 Å². The lowest BCUT2D eigenvalue weighted by molar-refractivity contribution is -0.154. The Morgan fingerprint density at radius 1 is 1.42 bits per heavy atom. The van der Waals surface area contributed by atoms with E-state index in [9.17, 15) is 18.0 Å². The SMILES string of the molecule is CC(C)=CC(=O)Nc1ccc(OCC(F)(F)F)nc1. The van der Waals surface area contributed by atoms with Crippen LogP contribution in [0.3, 0.4) is 0 Å². The fourth-order valence-electron chi connectivity index (χ4n) is 1.14. The largest absolute Gasteiger partial charge is 0.468 e. The lowest BCUT2D eigenvalue weighted by atomic mass is 10.3. The van der Waals surface area contributed by atoms with Crippen LogP contribution < -0.4 is 10.1 Å². The van der Waals surface area contributed by atoms with Crippen molar-refractivity contribution in [3.8, 4) is 5.88 Å². The molecule has 1 rings (SSSR count). The number of anilines is 1. The maximum atomic E-state index is 11.9. The Labute approximate surface area is 108 Å².